The van der Waals surface area contributed by atoms with Crippen molar-refractivity contribution in [3.63, 3.8) is 0 Å². The smallest absolute Gasteiger partial charge is 0.354 e. The Morgan fingerprint density at radius 1 is 1.47 bits per heavy atom. The van der Waals surface area contributed by atoms with E-state index in [4.69, 9.17) is 5.11 Å². The number of aromatic amines is 1. The average Bonchev–Trinajstić information content (AvgIpc) is 2.20. The first-order valence-electron chi connectivity index (χ1n) is 4.75. The van der Waals surface area contributed by atoms with Crippen LogP contribution >= 0.6 is 15.9 Å². The Morgan fingerprint density at radius 3 is 2.53 bits per heavy atom. The molecule has 0 aliphatic carbocycles. The monoisotopic (exact) mass is 308 g/mol. The SMILES string of the molecule is CCCCn1c(C(=O)O)c(Br)c(=O)[nH]c1=O.O. The van der Waals surface area contributed by atoms with Crippen molar-refractivity contribution in [1.82, 2.24) is 9.55 Å². The molecule has 0 aliphatic heterocycles. The number of aromatic carboxylic acids is 1. The van der Waals surface area contributed by atoms with E-state index in [1.807, 2.05) is 6.92 Å². The molecule has 0 saturated heterocycles. The van der Waals surface area contributed by atoms with Gasteiger partial charge in [0.05, 0.1) is 0 Å². The lowest BCUT2D eigenvalue weighted by Crippen LogP contribution is -2.35. The van der Waals surface area contributed by atoms with Gasteiger partial charge in [0, 0.05) is 6.54 Å². The molecule has 1 heterocycles. The van der Waals surface area contributed by atoms with Crippen molar-refractivity contribution in [3.8, 4) is 0 Å². The van der Waals surface area contributed by atoms with E-state index in [9.17, 15) is 14.4 Å². The molecule has 0 bridgehead atoms. The topological polar surface area (TPSA) is 124 Å². The second kappa shape index (κ2) is 6.36. The quantitative estimate of drug-likeness (QED) is 0.810. The minimum absolute atomic E-state index is 0. The maximum atomic E-state index is 11.4. The van der Waals surface area contributed by atoms with Crippen LogP contribution in [0.3, 0.4) is 0 Å². The lowest BCUT2D eigenvalue weighted by atomic mass is 10.3. The van der Waals surface area contributed by atoms with Gasteiger partial charge in [-0.1, -0.05) is 13.3 Å². The highest BCUT2D eigenvalue weighted by Gasteiger charge is 2.18. The molecule has 1 rings (SSSR count). The van der Waals surface area contributed by atoms with E-state index in [0.29, 0.717) is 6.42 Å². The second-order valence-electron chi connectivity index (χ2n) is 3.23. The fraction of sp³-hybridized carbons (Fsp3) is 0.444. The molecule has 4 N–H and O–H groups in total. The second-order valence-corrected chi connectivity index (χ2v) is 4.03. The van der Waals surface area contributed by atoms with Crippen LogP contribution in [0.2, 0.25) is 0 Å². The predicted molar refractivity (Wildman–Crippen MR) is 64.5 cm³/mol. The predicted octanol–water partition coefficient (Wildman–Crippen LogP) is -0.0273. The van der Waals surface area contributed by atoms with Crippen molar-refractivity contribution in [2.45, 2.75) is 26.3 Å². The Bertz CT molecular complexity index is 519. The number of halogens is 1. The molecule has 17 heavy (non-hydrogen) atoms. The van der Waals surface area contributed by atoms with Gasteiger partial charge in [0.1, 0.15) is 4.47 Å². The highest BCUT2D eigenvalue weighted by molar-refractivity contribution is 9.10. The first-order chi connectivity index (χ1) is 7.49. The molecule has 0 aliphatic rings. The van der Waals surface area contributed by atoms with E-state index >= 15 is 0 Å². The molecule has 0 amide bonds. The summed E-state index contributed by atoms with van der Waals surface area (Å²) >= 11 is 2.87. The zero-order chi connectivity index (χ0) is 12.3. The first-order valence-corrected chi connectivity index (χ1v) is 5.54. The summed E-state index contributed by atoms with van der Waals surface area (Å²) in [6.45, 7) is 2.19. The van der Waals surface area contributed by atoms with Crippen molar-refractivity contribution < 1.29 is 15.4 Å². The maximum absolute atomic E-state index is 11.4. The summed E-state index contributed by atoms with van der Waals surface area (Å²) in [5, 5.41) is 8.95. The summed E-state index contributed by atoms with van der Waals surface area (Å²) in [6.07, 6.45) is 1.49. The maximum Gasteiger partial charge on any atom is 0.354 e. The van der Waals surface area contributed by atoms with Gasteiger partial charge in [0.2, 0.25) is 0 Å². The molecule has 1 aromatic rings. The minimum Gasteiger partial charge on any atom is -0.477 e. The van der Waals surface area contributed by atoms with Crippen LogP contribution in [0.4, 0.5) is 0 Å². The molecular weight excluding hydrogens is 296 g/mol. The number of nitrogens with one attached hydrogen (secondary N) is 1. The van der Waals surface area contributed by atoms with Crippen LogP contribution in [-0.2, 0) is 6.54 Å². The number of H-pyrrole nitrogens is 1. The molecule has 0 saturated carbocycles. The van der Waals surface area contributed by atoms with E-state index in [-0.39, 0.29) is 22.2 Å². The van der Waals surface area contributed by atoms with Gasteiger partial charge in [0.25, 0.3) is 5.56 Å². The highest BCUT2D eigenvalue weighted by atomic mass is 79.9. The van der Waals surface area contributed by atoms with E-state index in [0.717, 1.165) is 11.0 Å². The standard InChI is InChI=1S/C9H11BrN2O4.H2O/c1-2-3-4-12-6(8(14)15)5(10)7(13)11-9(12)16;/h2-4H2,1H3,(H,14,15)(H,11,13,16);1H2. The van der Waals surface area contributed by atoms with Gasteiger partial charge in [0.15, 0.2) is 5.69 Å². The summed E-state index contributed by atoms with van der Waals surface area (Å²) < 4.78 is 0.924. The van der Waals surface area contributed by atoms with Crippen molar-refractivity contribution in [2.75, 3.05) is 0 Å². The lowest BCUT2D eigenvalue weighted by molar-refractivity contribution is 0.0681. The number of hydrogen-bond donors (Lipinski definition) is 2. The lowest BCUT2D eigenvalue weighted by Gasteiger charge is -2.09. The van der Waals surface area contributed by atoms with E-state index < -0.39 is 17.2 Å². The number of hydrogen-bond acceptors (Lipinski definition) is 3. The van der Waals surface area contributed by atoms with Crippen molar-refractivity contribution in [3.05, 3.63) is 31.0 Å². The van der Waals surface area contributed by atoms with Gasteiger partial charge in [-0.3, -0.25) is 14.3 Å². The average molecular weight is 309 g/mol. The molecule has 8 heteroatoms. The van der Waals surface area contributed by atoms with Gasteiger partial charge in [-0.2, -0.15) is 0 Å². The third kappa shape index (κ3) is 3.27. The van der Waals surface area contributed by atoms with Crippen molar-refractivity contribution in [1.29, 1.82) is 0 Å². The third-order valence-electron chi connectivity index (χ3n) is 2.08. The molecule has 0 aromatic carbocycles. The summed E-state index contributed by atoms with van der Waals surface area (Å²) in [6, 6.07) is 0. The Hall–Kier alpha value is -1.41. The van der Waals surface area contributed by atoms with Gasteiger partial charge < -0.3 is 10.6 Å². The molecule has 0 radical (unpaired) electrons. The molecule has 0 fully saturated rings. The van der Waals surface area contributed by atoms with Crippen LogP contribution in [0.25, 0.3) is 0 Å². The van der Waals surface area contributed by atoms with E-state index in [1.165, 1.54) is 0 Å². The van der Waals surface area contributed by atoms with Gasteiger partial charge >= 0.3 is 11.7 Å². The molecular formula is C9H13BrN2O5. The Labute approximate surface area is 105 Å². The molecule has 1 aromatic heterocycles. The molecule has 7 nitrogen and oxygen atoms in total. The number of carboxylic acids is 1. The summed E-state index contributed by atoms with van der Waals surface area (Å²) in [7, 11) is 0. The van der Waals surface area contributed by atoms with Crippen LogP contribution in [0.5, 0.6) is 0 Å². The van der Waals surface area contributed by atoms with Gasteiger partial charge in [-0.05, 0) is 22.4 Å². The van der Waals surface area contributed by atoms with E-state index in [2.05, 4.69) is 20.9 Å². The number of carboxylic acid groups (broad SMARTS) is 1. The minimum atomic E-state index is -1.30. The summed E-state index contributed by atoms with van der Waals surface area (Å²) in [4.78, 5) is 35.7. The number of carbonyl (C=O) groups is 1. The first kappa shape index (κ1) is 15.6. The van der Waals surface area contributed by atoms with Crippen LogP contribution < -0.4 is 11.2 Å². The Balaban J connectivity index is 0.00000256. The van der Waals surface area contributed by atoms with Gasteiger partial charge in [-0.25, -0.2) is 9.59 Å². The third-order valence-corrected chi connectivity index (χ3v) is 2.82. The normalized spacial score (nSPS) is 9.76. The zero-order valence-electron chi connectivity index (χ0n) is 9.12. The Morgan fingerprint density at radius 2 is 2.06 bits per heavy atom. The fourth-order valence-corrected chi connectivity index (χ4v) is 1.77. The van der Waals surface area contributed by atoms with Crippen LogP contribution in [0, 0.1) is 0 Å². The fourth-order valence-electron chi connectivity index (χ4n) is 1.29. The van der Waals surface area contributed by atoms with Crippen LogP contribution in [0.1, 0.15) is 30.3 Å². The van der Waals surface area contributed by atoms with E-state index in [1.54, 1.807) is 0 Å². The van der Waals surface area contributed by atoms with Crippen LogP contribution in [-0.4, -0.2) is 26.1 Å². The summed E-state index contributed by atoms with van der Waals surface area (Å²) in [5.41, 5.74) is -1.73. The largest absolute Gasteiger partial charge is 0.477 e. The molecule has 0 atom stereocenters. The highest BCUT2D eigenvalue weighted by Crippen LogP contribution is 2.10. The number of unbranched alkanes of at least 4 members (excludes halogenated alkanes) is 1. The zero-order valence-corrected chi connectivity index (χ0v) is 10.7. The molecule has 96 valence electrons. The summed E-state index contributed by atoms with van der Waals surface area (Å²) in [5.74, 6) is -1.30. The van der Waals surface area contributed by atoms with Crippen molar-refractivity contribution in [2.24, 2.45) is 0 Å². The Kier molecular flexibility index (Phi) is 5.83. The number of aromatic nitrogens is 2. The van der Waals surface area contributed by atoms with Crippen LogP contribution in [0.15, 0.2) is 14.1 Å². The molecule has 0 spiro atoms. The van der Waals surface area contributed by atoms with Gasteiger partial charge in [-0.15, -0.1) is 0 Å². The number of rotatable bonds is 4. The molecule has 0 unspecified atom stereocenters. The number of nitrogens with zero attached hydrogens (tertiary/aromatic N) is 1. The van der Waals surface area contributed by atoms with Crippen molar-refractivity contribution >= 4 is 21.9 Å².